The van der Waals surface area contributed by atoms with E-state index in [1.165, 1.54) is 5.56 Å². The van der Waals surface area contributed by atoms with Crippen LogP contribution in [0.15, 0.2) is 24.3 Å². The molecule has 2 heteroatoms. The minimum absolute atomic E-state index is 0.254. The second-order valence-corrected chi connectivity index (χ2v) is 4.65. The first-order chi connectivity index (χ1) is 8.31. The van der Waals surface area contributed by atoms with E-state index in [-0.39, 0.29) is 5.92 Å². The van der Waals surface area contributed by atoms with E-state index in [0.717, 1.165) is 37.9 Å². The number of ketones is 1. The molecule has 0 aliphatic heterocycles. The number of hydrogen-bond donors (Lipinski definition) is 0. The van der Waals surface area contributed by atoms with Crippen molar-refractivity contribution in [3.8, 4) is 5.75 Å². The molecule has 0 bridgehead atoms. The molecule has 0 amide bonds. The van der Waals surface area contributed by atoms with Gasteiger partial charge in [0.2, 0.25) is 0 Å². The van der Waals surface area contributed by atoms with Gasteiger partial charge >= 0.3 is 0 Å². The van der Waals surface area contributed by atoms with Crippen LogP contribution in [0.2, 0.25) is 0 Å². The molecule has 1 aromatic carbocycles. The van der Waals surface area contributed by atoms with Gasteiger partial charge in [0.15, 0.2) is 0 Å². The zero-order valence-electron chi connectivity index (χ0n) is 10.4. The number of rotatable bonds is 5. The first kappa shape index (κ1) is 12.2. The molecule has 2 nitrogen and oxygen atoms in total. The third kappa shape index (κ3) is 3.09. The monoisotopic (exact) mass is 232 g/mol. The molecule has 1 aromatic rings. The Morgan fingerprint density at radius 3 is 2.88 bits per heavy atom. The molecule has 0 N–H and O–H groups in total. The van der Waals surface area contributed by atoms with E-state index in [2.05, 4.69) is 13.0 Å². The van der Waals surface area contributed by atoms with Gasteiger partial charge in [0, 0.05) is 12.3 Å². The Kier molecular flexibility index (Phi) is 4.18. The fourth-order valence-corrected chi connectivity index (χ4v) is 2.44. The molecule has 0 aromatic heterocycles. The number of aryl methyl sites for hydroxylation is 1. The highest BCUT2D eigenvalue weighted by molar-refractivity contribution is 5.82. The minimum atomic E-state index is 0.254. The number of hydrogen-bond acceptors (Lipinski definition) is 2. The topological polar surface area (TPSA) is 26.3 Å². The van der Waals surface area contributed by atoms with Crippen LogP contribution < -0.4 is 4.74 Å². The van der Waals surface area contributed by atoms with Gasteiger partial charge in [-0.1, -0.05) is 25.1 Å². The van der Waals surface area contributed by atoms with Gasteiger partial charge in [-0.25, -0.2) is 0 Å². The smallest absolute Gasteiger partial charge is 0.136 e. The molecule has 2 rings (SSSR count). The van der Waals surface area contributed by atoms with Crippen molar-refractivity contribution in [3.63, 3.8) is 0 Å². The summed E-state index contributed by atoms with van der Waals surface area (Å²) >= 11 is 0. The van der Waals surface area contributed by atoms with E-state index < -0.39 is 0 Å². The lowest BCUT2D eigenvalue weighted by Gasteiger charge is -2.12. The normalized spacial score (nSPS) is 19.6. The molecule has 0 saturated heterocycles. The lowest BCUT2D eigenvalue weighted by atomic mass is 10.0. The van der Waals surface area contributed by atoms with Crippen LogP contribution in [0, 0.1) is 5.92 Å². The average molecular weight is 232 g/mol. The Hall–Kier alpha value is -1.31. The van der Waals surface area contributed by atoms with Gasteiger partial charge in [0.1, 0.15) is 11.5 Å². The Morgan fingerprint density at radius 1 is 1.35 bits per heavy atom. The Labute approximate surface area is 103 Å². The molecule has 0 radical (unpaired) electrons. The Balaban J connectivity index is 1.83. The van der Waals surface area contributed by atoms with Crippen molar-refractivity contribution in [2.45, 2.75) is 39.0 Å². The predicted octanol–water partition coefficient (Wildman–Crippen LogP) is 3.39. The van der Waals surface area contributed by atoms with Crippen LogP contribution in [0.4, 0.5) is 0 Å². The van der Waals surface area contributed by atoms with Crippen molar-refractivity contribution in [3.05, 3.63) is 29.8 Å². The average Bonchev–Trinajstić information content (AvgIpc) is 2.76. The van der Waals surface area contributed by atoms with Gasteiger partial charge in [-0.3, -0.25) is 4.79 Å². The lowest BCUT2D eigenvalue weighted by molar-refractivity contribution is -0.121. The molecule has 1 unspecified atom stereocenters. The van der Waals surface area contributed by atoms with E-state index >= 15 is 0 Å². The number of benzene rings is 1. The molecule has 17 heavy (non-hydrogen) atoms. The summed E-state index contributed by atoms with van der Waals surface area (Å²) in [6.07, 6.45) is 4.75. The first-order valence-corrected chi connectivity index (χ1v) is 6.54. The standard InChI is InChI=1S/C15H20O2/c1-2-12-6-3-4-9-15(12)17-11-10-13-7-5-8-14(13)16/h3-4,6,9,13H,2,5,7-8,10-11H2,1H3. The number of para-hydroxylation sites is 1. The molecule has 1 aliphatic carbocycles. The fraction of sp³-hybridized carbons (Fsp3) is 0.533. The molecule has 1 fully saturated rings. The van der Waals surface area contributed by atoms with Crippen LogP contribution in [0.25, 0.3) is 0 Å². The molecule has 1 aliphatic rings. The molecule has 92 valence electrons. The summed E-state index contributed by atoms with van der Waals surface area (Å²) in [5, 5.41) is 0. The molecular weight excluding hydrogens is 212 g/mol. The highest BCUT2D eigenvalue weighted by Crippen LogP contribution is 2.25. The Morgan fingerprint density at radius 2 is 2.18 bits per heavy atom. The number of carbonyl (C=O) groups is 1. The summed E-state index contributed by atoms with van der Waals surface area (Å²) in [5.41, 5.74) is 1.24. The third-order valence-corrected chi connectivity index (χ3v) is 3.51. The summed E-state index contributed by atoms with van der Waals surface area (Å²) < 4.78 is 5.79. The molecule has 0 spiro atoms. The predicted molar refractivity (Wildman–Crippen MR) is 68.3 cm³/mol. The van der Waals surface area contributed by atoms with Crippen molar-refractivity contribution in [1.29, 1.82) is 0 Å². The molecule has 1 atom stereocenters. The second kappa shape index (κ2) is 5.85. The summed E-state index contributed by atoms with van der Waals surface area (Å²) in [6, 6.07) is 8.13. The van der Waals surface area contributed by atoms with Gasteiger partial charge in [-0.05, 0) is 37.3 Å². The number of ether oxygens (including phenoxy) is 1. The maximum atomic E-state index is 11.5. The van der Waals surface area contributed by atoms with Crippen molar-refractivity contribution in [2.24, 2.45) is 5.92 Å². The van der Waals surface area contributed by atoms with Gasteiger partial charge in [0.05, 0.1) is 6.61 Å². The Bertz CT molecular complexity index is 384. The van der Waals surface area contributed by atoms with Crippen molar-refractivity contribution in [1.82, 2.24) is 0 Å². The molecule has 0 heterocycles. The number of Topliss-reactive ketones (excluding diaryl/α,β-unsaturated/α-hetero) is 1. The lowest BCUT2D eigenvalue weighted by Crippen LogP contribution is -2.11. The maximum Gasteiger partial charge on any atom is 0.136 e. The second-order valence-electron chi connectivity index (χ2n) is 4.65. The largest absolute Gasteiger partial charge is 0.493 e. The van der Waals surface area contributed by atoms with E-state index in [9.17, 15) is 4.79 Å². The van der Waals surface area contributed by atoms with E-state index in [1.54, 1.807) is 0 Å². The third-order valence-electron chi connectivity index (χ3n) is 3.51. The van der Waals surface area contributed by atoms with Gasteiger partial charge < -0.3 is 4.74 Å². The van der Waals surface area contributed by atoms with Crippen LogP contribution in [0.5, 0.6) is 5.75 Å². The highest BCUT2D eigenvalue weighted by atomic mass is 16.5. The van der Waals surface area contributed by atoms with Gasteiger partial charge in [0.25, 0.3) is 0 Å². The first-order valence-electron chi connectivity index (χ1n) is 6.54. The maximum absolute atomic E-state index is 11.5. The quantitative estimate of drug-likeness (QED) is 0.778. The fourth-order valence-electron chi connectivity index (χ4n) is 2.44. The van der Waals surface area contributed by atoms with Crippen LogP contribution >= 0.6 is 0 Å². The van der Waals surface area contributed by atoms with Crippen LogP contribution in [0.3, 0.4) is 0 Å². The number of carbonyl (C=O) groups excluding carboxylic acids is 1. The van der Waals surface area contributed by atoms with E-state index in [0.29, 0.717) is 12.4 Å². The van der Waals surface area contributed by atoms with Gasteiger partial charge in [-0.15, -0.1) is 0 Å². The zero-order valence-corrected chi connectivity index (χ0v) is 10.4. The zero-order chi connectivity index (χ0) is 12.1. The summed E-state index contributed by atoms with van der Waals surface area (Å²) in [7, 11) is 0. The van der Waals surface area contributed by atoms with Gasteiger partial charge in [-0.2, -0.15) is 0 Å². The summed E-state index contributed by atoms with van der Waals surface area (Å²) in [4.78, 5) is 11.5. The van der Waals surface area contributed by atoms with Crippen molar-refractivity contribution < 1.29 is 9.53 Å². The van der Waals surface area contributed by atoms with Crippen molar-refractivity contribution >= 4 is 5.78 Å². The van der Waals surface area contributed by atoms with Crippen molar-refractivity contribution in [2.75, 3.05) is 6.61 Å². The summed E-state index contributed by atoms with van der Waals surface area (Å²) in [5.74, 6) is 1.65. The highest BCUT2D eigenvalue weighted by Gasteiger charge is 2.23. The van der Waals surface area contributed by atoms with E-state index in [1.807, 2.05) is 18.2 Å². The SMILES string of the molecule is CCc1ccccc1OCCC1CCCC1=O. The summed E-state index contributed by atoms with van der Waals surface area (Å²) in [6.45, 7) is 2.79. The molecular formula is C15H20O2. The van der Waals surface area contributed by atoms with E-state index in [4.69, 9.17) is 4.74 Å². The minimum Gasteiger partial charge on any atom is -0.493 e. The van der Waals surface area contributed by atoms with Crippen LogP contribution in [0.1, 0.15) is 38.2 Å². The molecule has 1 saturated carbocycles. The van der Waals surface area contributed by atoms with Crippen LogP contribution in [-0.4, -0.2) is 12.4 Å². The van der Waals surface area contributed by atoms with Crippen LogP contribution in [-0.2, 0) is 11.2 Å².